The van der Waals surface area contributed by atoms with E-state index in [2.05, 4.69) is 65.9 Å². The van der Waals surface area contributed by atoms with Crippen LogP contribution in [0, 0.1) is 11.8 Å². The summed E-state index contributed by atoms with van der Waals surface area (Å²) in [6, 6.07) is 8.16. The lowest BCUT2D eigenvalue weighted by atomic mass is 9.87. The summed E-state index contributed by atoms with van der Waals surface area (Å²) in [7, 11) is 0. The molecule has 1 rings (SSSR count). The zero-order chi connectivity index (χ0) is 17.8. The second-order valence-corrected chi connectivity index (χ2v) is 8.06. The predicted molar refractivity (Wildman–Crippen MR) is 96.8 cm³/mol. The zero-order valence-electron chi connectivity index (χ0n) is 15.9. The standard InChI is InChI=1S/C20H33NO2/c1-13(2)18(14(3)4)21-19(22)15(5)23-17-11-9-16(10-12-17)20(6,7)8/h9-15,18H,1-8H3,(H,21,22). The third kappa shape index (κ3) is 5.89. The minimum atomic E-state index is -0.504. The number of nitrogens with one attached hydrogen (secondary N) is 1. The van der Waals surface area contributed by atoms with Crippen LogP contribution in [0.25, 0.3) is 0 Å². The van der Waals surface area contributed by atoms with Gasteiger partial charge in [-0.3, -0.25) is 4.79 Å². The molecular formula is C20H33NO2. The van der Waals surface area contributed by atoms with E-state index < -0.39 is 6.10 Å². The molecule has 0 aromatic heterocycles. The highest BCUT2D eigenvalue weighted by Gasteiger charge is 2.23. The SMILES string of the molecule is CC(Oc1ccc(C(C)(C)C)cc1)C(=O)NC(C(C)C)C(C)C. The summed E-state index contributed by atoms with van der Waals surface area (Å²) in [4.78, 5) is 12.4. The van der Waals surface area contributed by atoms with Crippen LogP contribution in [0.2, 0.25) is 0 Å². The number of hydrogen-bond donors (Lipinski definition) is 1. The van der Waals surface area contributed by atoms with E-state index in [1.165, 1.54) is 5.56 Å². The number of carbonyl (C=O) groups is 1. The van der Waals surface area contributed by atoms with E-state index in [-0.39, 0.29) is 17.4 Å². The Morgan fingerprint density at radius 2 is 1.43 bits per heavy atom. The molecule has 3 nitrogen and oxygen atoms in total. The predicted octanol–water partition coefficient (Wildman–Crippen LogP) is 4.55. The quantitative estimate of drug-likeness (QED) is 0.835. The fourth-order valence-electron chi connectivity index (χ4n) is 2.68. The summed E-state index contributed by atoms with van der Waals surface area (Å²) in [5, 5.41) is 3.11. The molecule has 0 bridgehead atoms. The molecular weight excluding hydrogens is 286 g/mol. The van der Waals surface area contributed by atoms with Crippen LogP contribution in [0.4, 0.5) is 0 Å². The summed E-state index contributed by atoms with van der Waals surface area (Å²) in [5.41, 5.74) is 1.37. The van der Waals surface area contributed by atoms with Gasteiger partial charge in [-0.2, -0.15) is 0 Å². The highest BCUT2D eigenvalue weighted by atomic mass is 16.5. The maximum Gasteiger partial charge on any atom is 0.261 e. The Labute approximate surface area is 141 Å². The number of carbonyl (C=O) groups excluding carboxylic acids is 1. The minimum absolute atomic E-state index is 0.0581. The van der Waals surface area contributed by atoms with Gasteiger partial charge in [-0.15, -0.1) is 0 Å². The smallest absolute Gasteiger partial charge is 0.261 e. The van der Waals surface area contributed by atoms with Crippen LogP contribution in [0.15, 0.2) is 24.3 Å². The molecule has 1 atom stereocenters. The van der Waals surface area contributed by atoms with E-state index in [0.29, 0.717) is 11.8 Å². The zero-order valence-corrected chi connectivity index (χ0v) is 15.9. The molecule has 0 aliphatic rings. The molecule has 0 aliphatic heterocycles. The van der Waals surface area contributed by atoms with E-state index in [0.717, 1.165) is 5.75 Å². The summed E-state index contributed by atoms with van der Waals surface area (Å²) < 4.78 is 5.79. The summed E-state index contributed by atoms with van der Waals surface area (Å²) in [6.07, 6.45) is -0.504. The van der Waals surface area contributed by atoms with Gasteiger partial charge in [0, 0.05) is 6.04 Å². The molecule has 0 heterocycles. The molecule has 0 radical (unpaired) electrons. The van der Waals surface area contributed by atoms with Crippen molar-refractivity contribution in [1.29, 1.82) is 0 Å². The van der Waals surface area contributed by atoms with Gasteiger partial charge >= 0.3 is 0 Å². The van der Waals surface area contributed by atoms with Crippen LogP contribution in [-0.4, -0.2) is 18.1 Å². The molecule has 0 aliphatic carbocycles. The van der Waals surface area contributed by atoms with E-state index >= 15 is 0 Å². The maximum absolute atomic E-state index is 12.4. The van der Waals surface area contributed by atoms with Gasteiger partial charge in [-0.1, -0.05) is 60.6 Å². The van der Waals surface area contributed by atoms with E-state index in [4.69, 9.17) is 4.74 Å². The molecule has 0 saturated carbocycles. The lowest BCUT2D eigenvalue weighted by molar-refractivity contribution is -0.128. The van der Waals surface area contributed by atoms with Crippen molar-refractivity contribution >= 4 is 5.91 Å². The van der Waals surface area contributed by atoms with Crippen LogP contribution < -0.4 is 10.1 Å². The summed E-state index contributed by atoms with van der Waals surface area (Å²) in [6.45, 7) is 16.8. The summed E-state index contributed by atoms with van der Waals surface area (Å²) >= 11 is 0. The molecule has 1 aromatic rings. The van der Waals surface area contributed by atoms with Crippen LogP contribution in [0.1, 0.15) is 61.0 Å². The second-order valence-electron chi connectivity index (χ2n) is 8.06. The Morgan fingerprint density at radius 1 is 0.957 bits per heavy atom. The van der Waals surface area contributed by atoms with Gasteiger partial charge in [0.25, 0.3) is 5.91 Å². The van der Waals surface area contributed by atoms with Crippen molar-refractivity contribution in [3.63, 3.8) is 0 Å². The Morgan fingerprint density at radius 3 is 1.83 bits per heavy atom. The number of hydrogen-bond acceptors (Lipinski definition) is 2. The highest BCUT2D eigenvalue weighted by molar-refractivity contribution is 5.81. The van der Waals surface area contributed by atoms with Gasteiger partial charge in [0.05, 0.1) is 0 Å². The number of amides is 1. The molecule has 0 saturated heterocycles. The molecule has 23 heavy (non-hydrogen) atoms. The highest BCUT2D eigenvalue weighted by Crippen LogP contribution is 2.24. The van der Waals surface area contributed by atoms with Gasteiger partial charge in [-0.25, -0.2) is 0 Å². The van der Waals surface area contributed by atoms with Crippen molar-refractivity contribution in [2.24, 2.45) is 11.8 Å². The van der Waals surface area contributed by atoms with E-state index in [1.54, 1.807) is 6.92 Å². The first kappa shape index (κ1) is 19.5. The molecule has 1 N–H and O–H groups in total. The number of rotatable bonds is 6. The number of benzene rings is 1. The average Bonchev–Trinajstić information content (AvgIpc) is 2.43. The fraction of sp³-hybridized carbons (Fsp3) is 0.650. The van der Waals surface area contributed by atoms with E-state index in [9.17, 15) is 4.79 Å². The van der Waals surface area contributed by atoms with Crippen LogP contribution in [0.3, 0.4) is 0 Å². The van der Waals surface area contributed by atoms with Gasteiger partial charge in [0.1, 0.15) is 5.75 Å². The lowest BCUT2D eigenvalue weighted by Crippen LogP contribution is -2.47. The van der Waals surface area contributed by atoms with Crippen molar-refractivity contribution in [2.45, 2.75) is 73.0 Å². The first-order valence-electron chi connectivity index (χ1n) is 8.60. The van der Waals surface area contributed by atoms with Gasteiger partial charge in [0.2, 0.25) is 0 Å². The normalized spacial score (nSPS) is 13.5. The van der Waals surface area contributed by atoms with Gasteiger partial charge in [-0.05, 0) is 41.9 Å². The Bertz CT molecular complexity index is 489. The maximum atomic E-state index is 12.4. The topological polar surface area (TPSA) is 38.3 Å². The molecule has 0 fully saturated rings. The Balaban J connectivity index is 2.68. The van der Waals surface area contributed by atoms with Crippen LogP contribution in [-0.2, 0) is 10.2 Å². The van der Waals surface area contributed by atoms with Crippen molar-refractivity contribution < 1.29 is 9.53 Å². The van der Waals surface area contributed by atoms with Gasteiger partial charge < -0.3 is 10.1 Å². The third-order valence-electron chi connectivity index (χ3n) is 4.15. The van der Waals surface area contributed by atoms with Gasteiger partial charge in [0.15, 0.2) is 6.10 Å². The first-order valence-corrected chi connectivity index (χ1v) is 8.60. The minimum Gasteiger partial charge on any atom is -0.481 e. The molecule has 0 spiro atoms. The summed E-state index contributed by atoms with van der Waals surface area (Å²) in [5.74, 6) is 1.47. The number of ether oxygens (including phenoxy) is 1. The Kier molecular flexibility index (Phi) is 6.67. The lowest BCUT2D eigenvalue weighted by Gasteiger charge is -2.27. The molecule has 1 unspecified atom stereocenters. The molecule has 3 heteroatoms. The van der Waals surface area contributed by atoms with Crippen molar-refractivity contribution in [2.75, 3.05) is 0 Å². The third-order valence-corrected chi connectivity index (χ3v) is 4.15. The van der Waals surface area contributed by atoms with Crippen LogP contribution >= 0.6 is 0 Å². The monoisotopic (exact) mass is 319 g/mol. The Hall–Kier alpha value is -1.51. The molecule has 1 amide bonds. The first-order chi connectivity index (χ1) is 10.5. The van der Waals surface area contributed by atoms with Crippen molar-refractivity contribution in [3.05, 3.63) is 29.8 Å². The van der Waals surface area contributed by atoms with Crippen molar-refractivity contribution in [1.82, 2.24) is 5.32 Å². The van der Waals surface area contributed by atoms with Crippen LogP contribution in [0.5, 0.6) is 5.75 Å². The average molecular weight is 319 g/mol. The fourth-order valence-corrected chi connectivity index (χ4v) is 2.68. The largest absolute Gasteiger partial charge is 0.481 e. The second kappa shape index (κ2) is 7.85. The molecule has 130 valence electrons. The van der Waals surface area contributed by atoms with E-state index in [1.807, 2.05) is 12.1 Å². The van der Waals surface area contributed by atoms with Crippen molar-refractivity contribution in [3.8, 4) is 5.75 Å². The molecule has 1 aromatic carbocycles.